The molecule has 0 amide bonds. The molecule has 72 heavy (non-hydrogen) atoms. The summed E-state index contributed by atoms with van der Waals surface area (Å²) >= 11 is 0. The van der Waals surface area contributed by atoms with Crippen LogP contribution in [0.4, 0.5) is 0 Å². The summed E-state index contributed by atoms with van der Waals surface area (Å²) in [6, 6.07) is 24.8. The van der Waals surface area contributed by atoms with Crippen molar-refractivity contribution < 1.29 is 57.7 Å². The van der Waals surface area contributed by atoms with E-state index in [1.165, 1.54) is 11.1 Å². The van der Waals surface area contributed by atoms with Gasteiger partial charge in [-0.15, -0.1) is 26.3 Å². The minimum Gasteiger partial charge on any atom is -0.490 e. The van der Waals surface area contributed by atoms with E-state index in [0.717, 1.165) is 83.1 Å². The Balaban J connectivity index is 0.000000277. The lowest BCUT2D eigenvalue weighted by Crippen LogP contribution is -2.25. The fourth-order valence-electron chi connectivity index (χ4n) is 7.67. The lowest BCUT2D eigenvalue weighted by Gasteiger charge is -2.28. The number of aliphatic hydroxyl groups excluding tert-OH is 2. The molecule has 0 saturated carbocycles. The largest absolute Gasteiger partial charge is 0.490 e. The molecule has 2 aliphatic heterocycles. The van der Waals surface area contributed by atoms with Gasteiger partial charge in [0.1, 0.15) is 87.1 Å². The highest BCUT2D eigenvalue weighted by Crippen LogP contribution is 2.39. The van der Waals surface area contributed by atoms with Crippen LogP contribution in [-0.2, 0) is 65.0 Å². The van der Waals surface area contributed by atoms with Gasteiger partial charge < -0.3 is 48.1 Å². The van der Waals surface area contributed by atoms with E-state index in [1.54, 1.807) is 12.2 Å². The van der Waals surface area contributed by atoms with Crippen molar-refractivity contribution in [1.82, 2.24) is 0 Å². The van der Waals surface area contributed by atoms with Crippen LogP contribution in [-0.4, -0.2) is 99.4 Å². The predicted octanol–water partition coefficient (Wildman–Crippen LogP) is 9.43. The molecule has 6 rings (SSSR count). The van der Waals surface area contributed by atoms with E-state index in [2.05, 4.69) is 116 Å². The number of hydrogen-bond acceptors (Lipinski definition) is 12. The molecule has 2 saturated heterocycles. The van der Waals surface area contributed by atoms with E-state index < -0.39 is 29.6 Å². The smallest absolute Gasteiger partial charge is 0.330 e. The monoisotopic (exact) mass is 985 g/mol. The van der Waals surface area contributed by atoms with Gasteiger partial charge in [-0.1, -0.05) is 114 Å². The molecular formula is C60H72O12. The number of benzene rings is 4. The summed E-state index contributed by atoms with van der Waals surface area (Å²) in [5, 5.41) is 20.2. The molecule has 4 unspecified atom stereocenters. The molecule has 0 aromatic heterocycles. The van der Waals surface area contributed by atoms with E-state index >= 15 is 0 Å². The van der Waals surface area contributed by atoms with Gasteiger partial charge in [0.25, 0.3) is 0 Å². The van der Waals surface area contributed by atoms with Crippen molar-refractivity contribution in [2.75, 3.05) is 52.9 Å². The number of hydrogen-bond donors (Lipinski definition) is 2. The summed E-state index contributed by atoms with van der Waals surface area (Å²) < 4.78 is 44.0. The van der Waals surface area contributed by atoms with Crippen molar-refractivity contribution in [3.63, 3.8) is 0 Å². The number of epoxide rings is 2. The fourth-order valence-corrected chi connectivity index (χ4v) is 7.67. The lowest BCUT2D eigenvalue weighted by molar-refractivity contribution is -0.142. The highest BCUT2D eigenvalue weighted by molar-refractivity contribution is 5.81. The van der Waals surface area contributed by atoms with Gasteiger partial charge in [-0.25, -0.2) is 9.59 Å². The molecule has 0 spiro atoms. The van der Waals surface area contributed by atoms with Crippen LogP contribution >= 0.6 is 0 Å². The normalized spacial score (nSPS) is 15.5. The Bertz CT molecular complexity index is 2340. The van der Waals surface area contributed by atoms with Crippen molar-refractivity contribution in [2.24, 2.45) is 0 Å². The molecule has 12 nitrogen and oxygen atoms in total. The van der Waals surface area contributed by atoms with Gasteiger partial charge in [0, 0.05) is 23.0 Å². The average molecular weight is 985 g/mol. The maximum atomic E-state index is 11.2. The SMILES string of the molecule is C=CCc1cc(C(C)(C)c2ccc(OCC(O)COC(=O)C=C)c(CC=C)c2)ccc1OCC(O)COC(=O)C=C.C=CCc1cc(C(C)(C)c2ccc(OCC3CO3)c(CC=C)c2)ccc1OCC1CO1. The Morgan fingerprint density at radius 2 is 0.792 bits per heavy atom. The predicted molar refractivity (Wildman–Crippen MR) is 281 cm³/mol. The highest BCUT2D eigenvalue weighted by Gasteiger charge is 2.29. The van der Waals surface area contributed by atoms with Crippen LogP contribution in [0.3, 0.4) is 0 Å². The van der Waals surface area contributed by atoms with Crippen LogP contribution in [0.1, 0.15) is 72.2 Å². The average Bonchev–Trinajstić information content (AvgIpc) is 4.33. The van der Waals surface area contributed by atoms with E-state index in [-0.39, 0.29) is 44.1 Å². The van der Waals surface area contributed by atoms with Crippen molar-refractivity contribution in [3.05, 3.63) is 193 Å². The second kappa shape index (κ2) is 27.2. The first-order valence-electron chi connectivity index (χ1n) is 24.2. The first kappa shape index (κ1) is 56.2. The molecule has 2 aliphatic rings. The lowest BCUT2D eigenvalue weighted by atomic mass is 9.76. The fraction of sp³-hybridized carbons (Fsp3) is 0.367. The highest BCUT2D eigenvalue weighted by atomic mass is 16.6. The van der Waals surface area contributed by atoms with Gasteiger partial charge in [0.05, 0.1) is 13.2 Å². The summed E-state index contributed by atoms with van der Waals surface area (Å²) in [7, 11) is 0. The van der Waals surface area contributed by atoms with Crippen LogP contribution in [0, 0.1) is 0 Å². The molecule has 0 bridgehead atoms. The first-order valence-corrected chi connectivity index (χ1v) is 24.2. The Morgan fingerprint density at radius 1 is 0.514 bits per heavy atom. The molecular weight excluding hydrogens is 913 g/mol. The summed E-state index contributed by atoms with van der Waals surface area (Å²) in [6.07, 6.45) is 10.6. The summed E-state index contributed by atoms with van der Waals surface area (Å²) in [5.74, 6) is 1.81. The second-order valence-corrected chi connectivity index (χ2v) is 18.6. The van der Waals surface area contributed by atoms with E-state index in [4.69, 9.17) is 37.9 Å². The minimum absolute atomic E-state index is 0.0466. The third kappa shape index (κ3) is 16.7. The molecule has 4 atom stereocenters. The van der Waals surface area contributed by atoms with Gasteiger partial charge in [-0.05, 0) is 94.5 Å². The summed E-state index contributed by atoms with van der Waals surface area (Å²) in [6.45, 7) is 33.3. The maximum absolute atomic E-state index is 11.2. The Morgan fingerprint density at radius 3 is 1.04 bits per heavy atom. The molecule has 0 radical (unpaired) electrons. The molecule has 384 valence electrons. The minimum atomic E-state index is -0.987. The van der Waals surface area contributed by atoms with Crippen LogP contribution in [0.2, 0.25) is 0 Å². The van der Waals surface area contributed by atoms with Gasteiger partial charge in [0.15, 0.2) is 0 Å². The van der Waals surface area contributed by atoms with E-state index in [9.17, 15) is 19.8 Å². The third-order valence-electron chi connectivity index (χ3n) is 12.3. The number of ether oxygens (including phenoxy) is 8. The molecule has 4 aromatic rings. The number of rotatable bonds is 30. The zero-order valence-corrected chi connectivity index (χ0v) is 42.4. The third-order valence-corrected chi connectivity index (χ3v) is 12.3. The number of carbonyl (C=O) groups is 2. The van der Waals surface area contributed by atoms with Crippen molar-refractivity contribution in [1.29, 1.82) is 0 Å². The van der Waals surface area contributed by atoms with Crippen LogP contribution in [0.15, 0.2) is 149 Å². The maximum Gasteiger partial charge on any atom is 0.330 e. The van der Waals surface area contributed by atoms with Gasteiger partial charge in [-0.2, -0.15) is 0 Å². The van der Waals surface area contributed by atoms with Gasteiger partial charge in [-0.3, -0.25) is 0 Å². The summed E-state index contributed by atoms with van der Waals surface area (Å²) in [4.78, 5) is 22.5. The van der Waals surface area contributed by atoms with Gasteiger partial charge >= 0.3 is 11.9 Å². The molecule has 2 N–H and O–H groups in total. The Kier molecular flexibility index (Phi) is 21.2. The van der Waals surface area contributed by atoms with Crippen molar-refractivity contribution in [3.8, 4) is 23.0 Å². The number of aliphatic hydroxyl groups is 2. The topological polar surface area (TPSA) is 155 Å². The van der Waals surface area contributed by atoms with Gasteiger partial charge in [0.2, 0.25) is 0 Å². The zero-order chi connectivity index (χ0) is 52.3. The number of esters is 2. The van der Waals surface area contributed by atoms with Crippen molar-refractivity contribution in [2.45, 2.75) is 88.6 Å². The molecule has 2 heterocycles. The second-order valence-electron chi connectivity index (χ2n) is 18.6. The molecule has 2 fully saturated rings. The zero-order valence-electron chi connectivity index (χ0n) is 42.4. The van der Waals surface area contributed by atoms with E-state index in [1.807, 2.05) is 36.4 Å². The summed E-state index contributed by atoms with van der Waals surface area (Å²) in [5.41, 5.74) is 8.08. The Labute approximate surface area is 425 Å². The first-order chi connectivity index (χ1) is 34.6. The van der Waals surface area contributed by atoms with E-state index in [0.29, 0.717) is 37.6 Å². The van der Waals surface area contributed by atoms with Crippen LogP contribution < -0.4 is 18.9 Å². The number of allylic oxidation sites excluding steroid dienone is 4. The molecule has 4 aromatic carbocycles. The number of carbonyl (C=O) groups excluding carboxylic acids is 2. The molecule has 12 heteroatoms. The molecule has 0 aliphatic carbocycles. The Hall–Kier alpha value is -6.70. The van der Waals surface area contributed by atoms with Crippen LogP contribution in [0.5, 0.6) is 23.0 Å². The standard InChI is InChI=1S/C33H40O8.C27H32O4/c1-7-11-23-17-25(13-15-29(23)38-19-27(34)21-40-31(36)9-3)33(5,6)26-14-16-30(24(18-26)12-8-2)39-20-28(35)22-41-32(37)10-4;1-5-7-19-13-21(9-11-25(19)30-17-23-15-28-23)27(3,4)22-10-12-26(20(14-22)8-6-2)31-18-24-16-29-24/h7-10,13-18,27-28,34-35H,1-4,11-12,19-22H2,5-6H3;5-6,9-14,23-24H,1-2,7-8,15-18H2,3-4H3. The van der Waals surface area contributed by atoms with Crippen molar-refractivity contribution >= 4 is 11.9 Å². The quantitative estimate of drug-likeness (QED) is 0.0221. The van der Waals surface area contributed by atoms with Crippen LogP contribution in [0.25, 0.3) is 0 Å².